The molecule has 0 radical (unpaired) electrons. The molecular weight excluding hydrogens is 421 g/mol. The molecule has 7 heteroatoms. The Balaban J connectivity index is 2.03. The molecule has 6 nitrogen and oxygen atoms in total. The number of nitriles is 1. The minimum absolute atomic E-state index is 0.173. The van der Waals surface area contributed by atoms with Crippen LogP contribution >= 0.6 is 22.6 Å². The number of benzene rings is 1. The van der Waals surface area contributed by atoms with Crippen molar-refractivity contribution in [3.05, 3.63) is 33.4 Å². The van der Waals surface area contributed by atoms with E-state index in [0.29, 0.717) is 19.3 Å². The minimum atomic E-state index is -1.28. The quantitative estimate of drug-likeness (QED) is 0.434. The van der Waals surface area contributed by atoms with Gasteiger partial charge in [-0.25, -0.2) is 19.4 Å². The van der Waals surface area contributed by atoms with Gasteiger partial charge in [0.25, 0.3) is 0 Å². The molecule has 0 heterocycles. The van der Waals surface area contributed by atoms with Crippen LogP contribution in [0, 0.1) is 15.0 Å². The van der Waals surface area contributed by atoms with Crippen LogP contribution < -0.4 is 0 Å². The fourth-order valence-electron chi connectivity index (χ4n) is 2.94. The van der Waals surface area contributed by atoms with Crippen molar-refractivity contribution in [1.82, 2.24) is 9.80 Å². The molecule has 0 saturated heterocycles. The summed E-state index contributed by atoms with van der Waals surface area (Å²) in [5.74, 6) is 0. The van der Waals surface area contributed by atoms with Crippen molar-refractivity contribution < 1.29 is 14.7 Å². The predicted octanol–water partition coefficient (Wildman–Crippen LogP) is 4.05. The maximum absolute atomic E-state index is 12.5. The molecule has 1 fully saturated rings. The molecule has 0 unspecified atom stereocenters. The first-order valence-electron chi connectivity index (χ1n) is 8.00. The van der Waals surface area contributed by atoms with Gasteiger partial charge in [0, 0.05) is 16.2 Å². The first-order valence-corrected chi connectivity index (χ1v) is 9.08. The zero-order chi connectivity index (χ0) is 17.5. The van der Waals surface area contributed by atoms with Crippen LogP contribution in [0.5, 0.6) is 0 Å². The van der Waals surface area contributed by atoms with Gasteiger partial charge >= 0.3 is 12.1 Å². The Labute approximate surface area is 155 Å². The highest BCUT2D eigenvalue weighted by atomic mass is 127. The SMILES string of the molecule is N#CN(CCc1ccc(I)cc1)C(=O)N(C(=O)O)C1CCCCC1. The molecular formula is C17H20IN3O3. The molecule has 0 atom stereocenters. The number of amides is 3. The van der Waals surface area contributed by atoms with Gasteiger partial charge in [0.2, 0.25) is 0 Å². The van der Waals surface area contributed by atoms with Crippen molar-refractivity contribution in [3.8, 4) is 6.19 Å². The van der Waals surface area contributed by atoms with Gasteiger partial charge in [0.15, 0.2) is 6.19 Å². The third-order valence-electron chi connectivity index (χ3n) is 4.24. The lowest BCUT2D eigenvalue weighted by Gasteiger charge is -2.32. The first kappa shape index (κ1) is 18.5. The summed E-state index contributed by atoms with van der Waals surface area (Å²) in [5.41, 5.74) is 1.00. The number of carboxylic acid groups (broad SMARTS) is 1. The molecule has 128 valence electrons. The lowest BCUT2D eigenvalue weighted by Crippen LogP contribution is -2.50. The third kappa shape index (κ3) is 4.84. The highest BCUT2D eigenvalue weighted by Gasteiger charge is 2.33. The molecule has 1 aromatic rings. The Kier molecular flexibility index (Phi) is 6.85. The van der Waals surface area contributed by atoms with Crippen molar-refractivity contribution in [2.24, 2.45) is 0 Å². The van der Waals surface area contributed by atoms with E-state index >= 15 is 0 Å². The van der Waals surface area contributed by atoms with Crippen LogP contribution in [0.1, 0.15) is 37.7 Å². The molecule has 0 aromatic heterocycles. The molecule has 0 aliphatic heterocycles. The van der Waals surface area contributed by atoms with Crippen LogP contribution in [0.25, 0.3) is 0 Å². The number of carbonyl (C=O) groups excluding carboxylic acids is 1. The van der Waals surface area contributed by atoms with Gasteiger partial charge in [-0.2, -0.15) is 5.26 Å². The standard InChI is InChI=1S/C17H20IN3O3/c18-14-8-6-13(7-9-14)10-11-20(12-19)16(22)21(17(23)24)15-4-2-1-3-5-15/h6-9,15H,1-5,10-11H2,(H,23,24). The lowest BCUT2D eigenvalue weighted by molar-refractivity contribution is 0.110. The van der Waals surface area contributed by atoms with E-state index in [9.17, 15) is 20.0 Å². The van der Waals surface area contributed by atoms with Crippen molar-refractivity contribution >= 4 is 34.7 Å². The largest absolute Gasteiger partial charge is 0.465 e. The van der Waals surface area contributed by atoms with Crippen molar-refractivity contribution in [1.29, 1.82) is 5.26 Å². The smallest absolute Gasteiger partial charge is 0.415 e. The van der Waals surface area contributed by atoms with Crippen LogP contribution in [-0.4, -0.2) is 39.6 Å². The maximum atomic E-state index is 12.5. The molecule has 1 N–H and O–H groups in total. The molecule has 1 saturated carbocycles. The molecule has 3 amide bonds. The van der Waals surface area contributed by atoms with Crippen LogP contribution in [-0.2, 0) is 6.42 Å². The Morgan fingerprint density at radius 2 is 1.83 bits per heavy atom. The summed E-state index contributed by atoms with van der Waals surface area (Å²) in [6, 6.07) is 6.75. The number of rotatable bonds is 4. The van der Waals surface area contributed by atoms with Crippen LogP contribution in [0.3, 0.4) is 0 Å². The van der Waals surface area contributed by atoms with Gasteiger partial charge in [-0.05, 0) is 59.5 Å². The van der Waals surface area contributed by atoms with Crippen molar-refractivity contribution in [3.63, 3.8) is 0 Å². The fraction of sp³-hybridized carbons (Fsp3) is 0.471. The topological polar surface area (TPSA) is 84.6 Å². The Morgan fingerprint density at radius 1 is 1.21 bits per heavy atom. The second-order valence-electron chi connectivity index (χ2n) is 5.86. The number of hydrogen-bond acceptors (Lipinski definition) is 3. The third-order valence-corrected chi connectivity index (χ3v) is 4.96. The number of halogens is 1. The number of nitrogens with zero attached hydrogens (tertiary/aromatic N) is 3. The van der Waals surface area contributed by atoms with E-state index in [2.05, 4.69) is 22.6 Å². The molecule has 1 aliphatic rings. The van der Waals surface area contributed by atoms with Gasteiger partial charge in [0.1, 0.15) is 0 Å². The fourth-order valence-corrected chi connectivity index (χ4v) is 3.30. The molecule has 1 aliphatic carbocycles. The lowest BCUT2D eigenvalue weighted by atomic mass is 9.94. The van der Waals surface area contributed by atoms with Gasteiger partial charge in [-0.3, -0.25) is 0 Å². The molecule has 1 aromatic carbocycles. The summed E-state index contributed by atoms with van der Waals surface area (Å²) in [6.45, 7) is 0.173. The summed E-state index contributed by atoms with van der Waals surface area (Å²) >= 11 is 2.21. The second-order valence-corrected chi connectivity index (χ2v) is 7.10. The summed E-state index contributed by atoms with van der Waals surface area (Å²) in [4.78, 5) is 25.9. The van der Waals surface area contributed by atoms with Gasteiger partial charge in [-0.1, -0.05) is 31.4 Å². The summed E-state index contributed by atoms with van der Waals surface area (Å²) in [6.07, 6.45) is 5.31. The maximum Gasteiger partial charge on any atom is 0.415 e. The van der Waals surface area contributed by atoms with E-state index in [1.807, 2.05) is 30.5 Å². The molecule has 0 spiro atoms. The van der Waals surface area contributed by atoms with E-state index < -0.39 is 12.1 Å². The summed E-state index contributed by atoms with van der Waals surface area (Å²) < 4.78 is 1.11. The zero-order valence-corrected chi connectivity index (χ0v) is 15.5. The summed E-state index contributed by atoms with van der Waals surface area (Å²) in [7, 11) is 0. The second kappa shape index (κ2) is 8.87. The van der Waals surface area contributed by atoms with Gasteiger partial charge < -0.3 is 5.11 Å². The number of imide groups is 1. The van der Waals surface area contributed by atoms with Crippen molar-refractivity contribution in [2.45, 2.75) is 44.6 Å². The van der Waals surface area contributed by atoms with E-state index in [0.717, 1.165) is 38.2 Å². The number of hydrogen-bond donors (Lipinski definition) is 1. The monoisotopic (exact) mass is 441 g/mol. The number of urea groups is 1. The molecule has 24 heavy (non-hydrogen) atoms. The normalized spacial score (nSPS) is 14.7. The Bertz CT molecular complexity index is 621. The highest BCUT2D eigenvalue weighted by Crippen LogP contribution is 2.23. The average Bonchev–Trinajstić information content (AvgIpc) is 2.58. The van der Waals surface area contributed by atoms with E-state index in [1.165, 1.54) is 0 Å². The molecule has 2 rings (SSSR count). The van der Waals surface area contributed by atoms with Crippen LogP contribution in [0.15, 0.2) is 24.3 Å². The minimum Gasteiger partial charge on any atom is -0.465 e. The Hall–Kier alpha value is -1.82. The molecule has 0 bridgehead atoms. The van der Waals surface area contributed by atoms with Gasteiger partial charge in [0.05, 0.1) is 0 Å². The van der Waals surface area contributed by atoms with Gasteiger partial charge in [-0.15, -0.1) is 0 Å². The van der Waals surface area contributed by atoms with E-state index in [1.54, 1.807) is 0 Å². The predicted molar refractivity (Wildman–Crippen MR) is 97.3 cm³/mol. The van der Waals surface area contributed by atoms with E-state index in [4.69, 9.17) is 0 Å². The first-order chi connectivity index (χ1) is 11.5. The Morgan fingerprint density at radius 3 is 2.38 bits per heavy atom. The average molecular weight is 441 g/mol. The van der Waals surface area contributed by atoms with E-state index in [-0.39, 0.29) is 12.6 Å². The van der Waals surface area contributed by atoms with Crippen LogP contribution in [0.2, 0.25) is 0 Å². The zero-order valence-electron chi connectivity index (χ0n) is 13.3. The van der Waals surface area contributed by atoms with Crippen molar-refractivity contribution in [2.75, 3.05) is 6.54 Å². The number of carbonyl (C=O) groups is 2. The highest BCUT2D eigenvalue weighted by molar-refractivity contribution is 14.1. The van der Waals surface area contributed by atoms with Crippen LogP contribution in [0.4, 0.5) is 9.59 Å². The summed E-state index contributed by atoms with van der Waals surface area (Å²) in [5, 5.41) is 18.7.